The van der Waals surface area contributed by atoms with Gasteiger partial charge in [0.15, 0.2) is 5.82 Å². The molecule has 1 fully saturated rings. The van der Waals surface area contributed by atoms with E-state index in [2.05, 4.69) is 15.1 Å². The number of piperazine rings is 1. The fourth-order valence-electron chi connectivity index (χ4n) is 2.71. The molecule has 25 heavy (non-hydrogen) atoms. The molecule has 0 atom stereocenters. The summed E-state index contributed by atoms with van der Waals surface area (Å²) < 4.78 is 5.65. The van der Waals surface area contributed by atoms with Crippen molar-refractivity contribution in [1.29, 1.82) is 0 Å². The molecule has 6 nitrogen and oxygen atoms in total. The van der Waals surface area contributed by atoms with Crippen LogP contribution in [0.4, 0.5) is 5.82 Å². The van der Waals surface area contributed by atoms with Crippen LogP contribution in [-0.4, -0.2) is 53.1 Å². The Balaban J connectivity index is 1.52. The summed E-state index contributed by atoms with van der Waals surface area (Å²) in [5, 5.41) is 8.38. The van der Waals surface area contributed by atoms with Crippen molar-refractivity contribution in [3.63, 3.8) is 0 Å². The SMILES string of the molecule is O=C(CCCCl)N1CCN(c2ccc(Oc3ccccc3)nn2)CC1. The lowest BCUT2D eigenvalue weighted by Crippen LogP contribution is -2.49. The van der Waals surface area contributed by atoms with E-state index in [0.29, 0.717) is 31.3 Å². The van der Waals surface area contributed by atoms with Crippen LogP contribution in [0.2, 0.25) is 0 Å². The van der Waals surface area contributed by atoms with Crippen LogP contribution in [0.3, 0.4) is 0 Å². The van der Waals surface area contributed by atoms with Crippen LogP contribution in [0.15, 0.2) is 42.5 Å². The van der Waals surface area contributed by atoms with E-state index in [9.17, 15) is 4.79 Å². The second kappa shape index (κ2) is 8.67. The molecule has 0 spiro atoms. The number of ether oxygens (including phenoxy) is 1. The molecule has 2 heterocycles. The molecule has 1 amide bonds. The van der Waals surface area contributed by atoms with Gasteiger partial charge in [-0.3, -0.25) is 4.79 Å². The second-order valence-electron chi connectivity index (χ2n) is 5.81. The first-order valence-electron chi connectivity index (χ1n) is 8.41. The normalized spacial score (nSPS) is 14.4. The molecule has 1 saturated heterocycles. The maximum absolute atomic E-state index is 12.0. The number of rotatable bonds is 6. The molecule has 7 heteroatoms. The van der Waals surface area contributed by atoms with Crippen molar-refractivity contribution >= 4 is 23.3 Å². The molecule has 0 bridgehead atoms. The first-order chi connectivity index (χ1) is 12.3. The van der Waals surface area contributed by atoms with E-state index in [1.165, 1.54) is 0 Å². The van der Waals surface area contributed by atoms with Crippen molar-refractivity contribution < 1.29 is 9.53 Å². The highest BCUT2D eigenvalue weighted by molar-refractivity contribution is 6.17. The predicted octanol–water partition coefficient (Wildman–Crippen LogP) is 2.94. The third-order valence-corrected chi connectivity index (χ3v) is 4.34. The smallest absolute Gasteiger partial charge is 0.238 e. The standard InChI is InChI=1S/C18H21ClN4O2/c19-10-4-7-18(24)23-13-11-22(12-14-23)16-8-9-17(21-20-16)25-15-5-2-1-3-6-15/h1-3,5-6,8-9H,4,7,10-14H2. The third-order valence-electron chi connectivity index (χ3n) is 4.07. The lowest BCUT2D eigenvalue weighted by molar-refractivity contribution is -0.131. The number of alkyl halides is 1. The summed E-state index contributed by atoms with van der Waals surface area (Å²) in [7, 11) is 0. The Morgan fingerprint density at radius 2 is 1.80 bits per heavy atom. The largest absolute Gasteiger partial charge is 0.438 e. The summed E-state index contributed by atoms with van der Waals surface area (Å²) in [5.41, 5.74) is 0. The fraction of sp³-hybridized carbons (Fsp3) is 0.389. The molecule has 1 aromatic carbocycles. The predicted molar refractivity (Wildman–Crippen MR) is 97.3 cm³/mol. The van der Waals surface area contributed by atoms with Crippen molar-refractivity contribution in [1.82, 2.24) is 15.1 Å². The van der Waals surface area contributed by atoms with Gasteiger partial charge >= 0.3 is 0 Å². The minimum Gasteiger partial charge on any atom is -0.438 e. The highest BCUT2D eigenvalue weighted by atomic mass is 35.5. The molecule has 0 aliphatic carbocycles. The van der Waals surface area contributed by atoms with Crippen LogP contribution in [0.25, 0.3) is 0 Å². The number of hydrogen-bond donors (Lipinski definition) is 0. The van der Waals surface area contributed by atoms with Crippen LogP contribution in [0, 0.1) is 0 Å². The van der Waals surface area contributed by atoms with Gasteiger partial charge < -0.3 is 14.5 Å². The average Bonchev–Trinajstić information content (AvgIpc) is 2.68. The van der Waals surface area contributed by atoms with Gasteiger partial charge in [0.25, 0.3) is 0 Å². The van der Waals surface area contributed by atoms with Crippen molar-refractivity contribution in [2.75, 3.05) is 37.0 Å². The average molecular weight is 361 g/mol. The lowest BCUT2D eigenvalue weighted by atomic mass is 10.2. The van der Waals surface area contributed by atoms with E-state index in [4.69, 9.17) is 16.3 Å². The number of benzene rings is 1. The molecule has 0 radical (unpaired) electrons. The first-order valence-corrected chi connectivity index (χ1v) is 8.95. The van der Waals surface area contributed by atoms with E-state index in [-0.39, 0.29) is 5.91 Å². The van der Waals surface area contributed by atoms with Crippen molar-refractivity contribution in [3.05, 3.63) is 42.5 Å². The van der Waals surface area contributed by atoms with Crippen molar-refractivity contribution in [2.45, 2.75) is 12.8 Å². The minimum absolute atomic E-state index is 0.179. The highest BCUT2D eigenvalue weighted by Gasteiger charge is 2.21. The minimum atomic E-state index is 0.179. The third kappa shape index (κ3) is 4.82. The number of para-hydroxylation sites is 1. The Labute approximate surface area is 152 Å². The van der Waals surface area contributed by atoms with Gasteiger partial charge in [0.1, 0.15) is 5.75 Å². The quantitative estimate of drug-likeness (QED) is 0.741. The Morgan fingerprint density at radius 1 is 1.04 bits per heavy atom. The molecule has 1 aromatic heterocycles. The summed E-state index contributed by atoms with van der Waals surface area (Å²) in [6, 6.07) is 13.2. The van der Waals surface area contributed by atoms with E-state index in [0.717, 1.165) is 31.1 Å². The molecule has 0 saturated carbocycles. The number of carbonyl (C=O) groups excluding carboxylic acids is 1. The van der Waals surface area contributed by atoms with Gasteiger partial charge in [-0.1, -0.05) is 18.2 Å². The van der Waals surface area contributed by atoms with Gasteiger partial charge in [-0.25, -0.2) is 0 Å². The molecule has 2 aromatic rings. The van der Waals surface area contributed by atoms with Crippen LogP contribution in [0.1, 0.15) is 12.8 Å². The Kier molecular flexibility index (Phi) is 6.06. The summed E-state index contributed by atoms with van der Waals surface area (Å²) in [4.78, 5) is 16.0. The Hall–Kier alpha value is -2.34. The maximum Gasteiger partial charge on any atom is 0.238 e. The van der Waals surface area contributed by atoms with Gasteiger partial charge in [-0.05, 0) is 24.6 Å². The number of halogens is 1. The monoisotopic (exact) mass is 360 g/mol. The number of nitrogens with zero attached hydrogens (tertiary/aromatic N) is 4. The maximum atomic E-state index is 12.0. The zero-order chi connectivity index (χ0) is 17.5. The van der Waals surface area contributed by atoms with Crippen molar-refractivity contribution in [2.24, 2.45) is 0 Å². The first kappa shape index (κ1) is 17.5. The zero-order valence-corrected chi connectivity index (χ0v) is 14.7. The Bertz CT molecular complexity index is 673. The molecule has 0 unspecified atom stereocenters. The molecule has 3 rings (SSSR count). The van der Waals surface area contributed by atoms with Gasteiger partial charge in [-0.2, -0.15) is 0 Å². The molecule has 1 aliphatic rings. The summed E-state index contributed by atoms with van der Waals surface area (Å²) in [6.07, 6.45) is 1.25. The van der Waals surface area contributed by atoms with Gasteiger partial charge in [0, 0.05) is 44.5 Å². The number of carbonyl (C=O) groups is 1. The molecule has 132 valence electrons. The fourth-order valence-corrected chi connectivity index (χ4v) is 2.84. The van der Waals surface area contributed by atoms with E-state index >= 15 is 0 Å². The number of amides is 1. The van der Waals surface area contributed by atoms with Gasteiger partial charge in [0.05, 0.1) is 0 Å². The number of hydrogen-bond acceptors (Lipinski definition) is 5. The summed E-state index contributed by atoms with van der Waals surface area (Å²) in [5.74, 6) is 2.70. The summed E-state index contributed by atoms with van der Waals surface area (Å²) >= 11 is 5.65. The summed E-state index contributed by atoms with van der Waals surface area (Å²) in [6.45, 7) is 2.90. The number of anilines is 1. The number of aromatic nitrogens is 2. The lowest BCUT2D eigenvalue weighted by Gasteiger charge is -2.35. The van der Waals surface area contributed by atoms with Crippen LogP contribution >= 0.6 is 11.6 Å². The Morgan fingerprint density at radius 3 is 2.44 bits per heavy atom. The van der Waals surface area contributed by atoms with Crippen LogP contribution < -0.4 is 9.64 Å². The van der Waals surface area contributed by atoms with Crippen molar-refractivity contribution in [3.8, 4) is 11.6 Å². The van der Waals surface area contributed by atoms with E-state index < -0.39 is 0 Å². The van der Waals surface area contributed by atoms with Gasteiger partial charge in [-0.15, -0.1) is 21.8 Å². The van der Waals surface area contributed by atoms with Crippen LogP contribution in [-0.2, 0) is 4.79 Å². The molecular weight excluding hydrogens is 340 g/mol. The van der Waals surface area contributed by atoms with Gasteiger partial charge in [0.2, 0.25) is 11.8 Å². The topological polar surface area (TPSA) is 58.6 Å². The van der Waals surface area contributed by atoms with Crippen LogP contribution in [0.5, 0.6) is 11.6 Å². The van der Waals surface area contributed by atoms with E-state index in [1.54, 1.807) is 0 Å². The molecule has 0 N–H and O–H groups in total. The molecular formula is C18H21ClN4O2. The highest BCUT2D eigenvalue weighted by Crippen LogP contribution is 2.20. The second-order valence-corrected chi connectivity index (χ2v) is 6.18. The zero-order valence-electron chi connectivity index (χ0n) is 14.0. The van der Waals surface area contributed by atoms with E-state index in [1.807, 2.05) is 47.4 Å². The molecule has 1 aliphatic heterocycles.